The van der Waals surface area contributed by atoms with Gasteiger partial charge in [-0.3, -0.25) is 0 Å². The van der Waals surface area contributed by atoms with Crippen LogP contribution in [0.15, 0.2) is 29.4 Å². The zero-order chi connectivity index (χ0) is 11.5. The molecule has 0 fully saturated rings. The van der Waals surface area contributed by atoms with Gasteiger partial charge in [0.25, 0.3) is 0 Å². The van der Waals surface area contributed by atoms with Crippen molar-refractivity contribution in [2.75, 3.05) is 6.26 Å². The van der Waals surface area contributed by atoms with Gasteiger partial charge >= 0.3 is 0 Å². The molecule has 2 aromatic rings. The maximum atomic E-state index is 6.10. The maximum absolute atomic E-state index is 6.10. The summed E-state index contributed by atoms with van der Waals surface area (Å²) in [7, 11) is 0. The van der Waals surface area contributed by atoms with Gasteiger partial charge in [0, 0.05) is 5.56 Å². The number of benzene rings is 1. The van der Waals surface area contributed by atoms with E-state index in [2.05, 4.69) is 15.2 Å². The van der Waals surface area contributed by atoms with Gasteiger partial charge in [-0.2, -0.15) is 0 Å². The Hall–Kier alpha value is -1.13. The molecule has 1 heterocycles. The summed E-state index contributed by atoms with van der Waals surface area (Å²) in [6.45, 7) is 1.91. The molecule has 0 atom stereocenters. The van der Waals surface area contributed by atoms with E-state index in [4.69, 9.17) is 11.6 Å². The van der Waals surface area contributed by atoms with E-state index in [1.54, 1.807) is 0 Å². The molecule has 0 aliphatic heterocycles. The van der Waals surface area contributed by atoms with Crippen LogP contribution < -0.4 is 0 Å². The lowest BCUT2D eigenvalue weighted by Gasteiger charge is -2.05. The van der Waals surface area contributed by atoms with Crippen LogP contribution in [0.1, 0.15) is 5.69 Å². The Balaban J connectivity index is 2.53. The lowest BCUT2D eigenvalue weighted by molar-refractivity contribution is 0.825. The first-order chi connectivity index (χ1) is 7.72. The summed E-state index contributed by atoms with van der Waals surface area (Å²) in [5.74, 6) is 0. The monoisotopic (exact) mass is 251 g/mol. The number of nitrogens with zero attached hydrogens (tertiary/aromatic N) is 3. The Morgan fingerprint density at radius 1 is 1.19 bits per heavy atom. The third-order valence-electron chi connectivity index (χ3n) is 2.15. The zero-order valence-electron chi connectivity index (χ0n) is 8.94. The quantitative estimate of drug-likeness (QED) is 0.769. The van der Waals surface area contributed by atoms with Crippen molar-refractivity contribution in [3.63, 3.8) is 0 Å². The molecular weight excluding hydrogens is 242 g/mol. The fraction of sp³-hybridized carbons (Fsp3) is 0.182. The molecule has 5 heteroatoms. The van der Waals surface area contributed by atoms with E-state index in [1.165, 1.54) is 11.8 Å². The molecule has 82 valence electrons. The Morgan fingerprint density at radius 3 is 2.56 bits per heavy atom. The van der Waals surface area contributed by atoms with Crippen LogP contribution in [-0.4, -0.2) is 21.4 Å². The molecule has 0 bridgehead atoms. The number of aryl methyl sites for hydroxylation is 1. The summed E-state index contributed by atoms with van der Waals surface area (Å²) >= 11 is 7.58. The SMILES string of the molecule is CSc1nnc(-c2ccccc2Cl)c(C)n1. The first-order valence-corrected chi connectivity index (χ1v) is 6.33. The molecule has 0 unspecified atom stereocenters. The van der Waals surface area contributed by atoms with Gasteiger partial charge in [-0.1, -0.05) is 41.6 Å². The van der Waals surface area contributed by atoms with E-state index < -0.39 is 0 Å². The average molecular weight is 252 g/mol. The second kappa shape index (κ2) is 4.80. The molecule has 0 saturated heterocycles. The Morgan fingerprint density at radius 2 is 1.94 bits per heavy atom. The minimum absolute atomic E-state index is 0.665. The fourth-order valence-electron chi connectivity index (χ4n) is 1.37. The van der Waals surface area contributed by atoms with Gasteiger partial charge in [-0.05, 0) is 19.2 Å². The lowest BCUT2D eigenvalue weighted by Crippen LogP contribution is -1.98. The molecule has 0 aliphatic rings. The van der Waals surface area contributed by atoms with Gasteiger partial charge in [-0.25, -0.2) is 4.98 Å². The highest BCUT2D eigenvalue weighted by Gasteiger charge is 2.10. The molecule has 1 aromatic carbocycles. The predicted octanol–water partition coefficient (Wildman–Crippen LogP) is 3.22. The van der Waals surface area contributed by atoms with Crippen LogP contribution in [0.4, 0.5) is 0 Å². The first-order valence-electron chi connectivity index (χ1n) is 4.72. The van der Waals surface area contributed by atoms with Gasteiger partial charge in [0.2, 0.25) is 5.16 Å². The summed E-state index contributed by atoms with van der Waals surface area (Å²) in [6, 6.07) is 7.56. The zero-order valence-corrected chi connectivity index (χ0v) is 10.5. The van der Waals surface area contributed by atoms with E-state index in [-0.39, 0.29) is 0 Å². The van der Waals surface area contributed by atoms with E-state index in [0.29, 0.717) is 10.2 Å². The normalized spacial score (nSPS) is 10.4. The summed E-state index contributed by atoms with van der Waals surface area (Å²) in [6.07, 6.45) is 1.92. The molecule has 2 rings (SSSR count). The van der Waals surface area contributed by atoms with Crippen molar-refractivity contribution < 1.29 is 0 Å². The van der Waals surface area contributed by atoms with Crippen LogP contribution in [0.25, 0.3) is 11.3 Å². The third kappa shape index (κ3) is 2.18. The van der Waals surface area contributed by atoms with Crippen LogP contribution in [0.2, 0.25) is 5.02 Å². The van der Waals surface area contributed by atoms with Gasteiger partial charge in [0.05, 0.1) is 10.7 Å². The molecule has 16 heavy (non-hydrogen) atoms. The molecule has 0 aliphatic carbocycles. The van der Waals surface area contributed by atoms with Crippen LogP contribution in [0.5, 0.6) is 0 Å². The maximum Gasteiger partial charge on any atom is 0.209 e. The largest absolute Gasteiger partial charge is 0.224 e. The summed E-state index contributed by atoms with van der Waals surface area (Å²) < 4.78 is 0. The summed E-state index contributed by atoms with van der Waals surface area (Å²) in [5, 5.41) is 9.52. The number of hydrogen-bond donors (Lipinski definition) is 0. The van der Waals surface area contributed by atoms with E-state index in [1.807, 2.05) is 37.4 Å². The molecular formula is C11H10ClN3S. The summed E-state index contributed by atoms with van der Waals surface area (Å²) in [5.41, 5.74) is 2.45. The Kier molecular flexibility index (Phi) is 3.41. The molecule has 3 nitrogen and oxygen atoms in total. The number of aromatic nitrogens is 3. The van der Waals surface area contributed by atoms with Crippen molar-refractivity contribution in [3.05, 3.63) is 35.0 Å². The molecule has 0 amide bonds. The van der Waals surface area contributed by atoms with Crippen LogP contribution in [0, 0.1) is 6.92 Å². The van der Waals surface area contributed by atoms with Crippen molar-refractivity contribution in [3.8, 4) is 11.3 Å². The Bertz CT molecular complexity index is 516. The third-order valence-corrected chi connectivity index (χ3v) is 3.02. The highest BCUT2D eigenvalue weighted by atomic mass is 35.5. The van der Waals surface area contributed by atoms with Gasteiger partial charge in [-0.15, -0.1) is 10.2 Å². The molecule has 0 saturated carbocycles. The Labute approximate surface area is 103 Å². The topological polar surface area (TPSA) is 38.7 Å². The standard InChI is InChI=1S/C11H10ClN3S/c1-7-10(14-15-11(13-7)16-2)8-5-3-4-6-9(8)12/h3-6H,1-2H3. The highest BCUT2D eigenvalue weighted by molar-refractivity contribution is 7.98. The fourth-order valence-corrected chi connectivity index (χ4v) is 1.95. The van der Waals surface area contributed by atoms with E-state index in [9.17, 15) is 0 Å². The van der Waals surface area contributed by atoms with Crippen molar-refractivity contribution in [2.24, 2.45) is 0 Å². The summed E-state index contributed by atoms with van der Waals surface area (Å²) in [4.78, 5) is 4.34. The molecule has 0 N–H and O–H groups in total. The van der Waals surface area contributed by atoms with Gasteiger partial charge in [0.15, 0.2) is 0 Å². The number of halogens is 1. The van der Waals surface area contributed by atoms with Crippen LogP contribution in [-0.2, 0) is 0 Å². The van der Waals surface area contributed by atoms with Gasteiger partial charge in [0.1, 0.15) is 5.69 Å². The van der Waals surface area contributed by atoms with Crippen LogP contribution in [0.3, 0.4) is 0 Å². The van der Waals surface area contributed by atoms with Crippen molar-refractivity contribution >= 4 is 23.4 Å². The van der Waals surface area contributed by atoms with E-state index >= 15 is 0 Å². The minimum atomic E-state index is 0.665. The van der Waals surface area contributed by atoms with E-state index in [0.717, 1.165) is 17.0 Å². The second-order valence-corrected chi connectivity index (χ2v) is 4.39. The van der Waals surface area contributed by atoms with Gasteiger partial charge < -0.3 is 0 Å². The minimum Gasteiger partial charge on any atom is -0.224 e. The highest BCUT2D eigenvalue weighted by Crippen LogP contribution is 2.27. The molecule has 1 aromatic heterocycles. The van der Waals surface area contributed by atoms with Crippen LogP contribution >= 0.6 is 23.4 Å². The number of thioether (sulfide) groups is 1. The molecule has 0 radical (unpaired) electrons. The van der Waals surface area contributed by atoms with Crippen molar-refractivity contribution in [1.29, 1.82) is 0 Å². The average Bonchev–Trinajstić information content (AvgIpc) is 2.30. The first kappa shape index (κ1) is 11.4. The number of rotatable bonds is 2. The smallest absolute Gasteiger partial charge is 0.209 e. The second-order valence-electron chi connectivity index (χ2n) is 3.21. The predicted molar refractivity (Wildman–Crippen MR) is 66.8 cm³/mol. The lowest BCUT2D eigenvalue weighted by atomic mass is 10.1. The molecule has 0 spiro atoms. The van der Waals surface area contributed by atoms with Crippen molar-refractivity contribution in [2.45, 2.75) is 12.1 Å². The number of hydrogen-bond acceptors (Lipinski definition) is 4. The van der Waals surface area contributed by atoms with Crippen molar-refractivity contribution in [1.82, 2.24) is 15.2 Å².